The zero-order valence-corrected chi connectivity index (χ0v) is 21.7. The minimum atomic E-state index is -0.871. The van der Waals surface area contributed by atoms with Crippen molar-refractivity contribution in [1.29, 1.82) is 0 Å². The first-order valence-corrected chi connectivity index (χ1v) is 13.0. The van der Waals surface area contributed by atoms with Crippen LogP contribution in [0.2, 0.25) is 0 Å². The standard InChI is InChI=1S/C29H27N3O4S/c1-4-5-13-36-21-8-6-7-20(16-21)25-23(26(33)19-9-11-30-12-10-19)27(34)28(35)32(25)29-31-24-18(3)14-17(2)15-22(24)37-29/h6-12,14-16,25,33H,4-5,13H2,1-3H3. The molecule has 2 aromatic heterocycles. The van der Waals surface area contributed by atoms with Gasteiger partial charge in [-0.05, 0) is 67.3 Å². The monoisotopic (exact) mass is 513 g/mol. The van der Waals surface area contributed by atoms with Gasteiger partial charge in [0, 0.05) is 18.0 Å². The number of amides is 1. The Morgan fingerprint density at radius 2 is 1.89 bits per heavy atom. The molecule has 1 atom stereocenters. The molecule has 2 aromatic carbocycles. The molecule has 1 unspecified atom stereocenters. The predicted molar refractivity (Wildman–Crippen MR) is 145 cm³/mol. The quantitative estimate of drug-likeness (QED) is 0.139. The maximum Gasteiger partial charge on any atom is 0.301 e. The minimum absolute atomic E-state index is 0.00840. The minimum Gasteiger partial charge on any atom is -0.507 e. The Hall–Kier alpha value is -4.04. The van der Waals surface area contributed by atoms with E-state index in [1.54, 1.807) is 12.1 Å². The van der Waals surface area contributed by atoms with Crippen LogP contribution >= 0.6 is 11.3 Å². The average molecular weight is 514 g/mol. The van der Waals surface area contributed by atoms with Gasteiger partial charge in [-0.1, -0.05) is 42.9 Å². The Balaban J connectivity index is 1.69. The van der Waals surface area contributed by atoms with Crippen LogP contribution in [0.3, 0.4) is 0 Å². The van der Waals surface area contributed by atoms with Gasteiger partial charge in [0.15, 0.2) is 5.13 Å². The Kier molecular flexibility index (Phi) is 6.76. The second-order valence-electron chi connectivity index (χ2n) is 9.10. The Morgan fingerprint density at radius 3 is 2.65 bits per heavy atom. The van der Waals surface area contributed by atoms with E-state index < -0.39 is 17.7 Å². The summed E-state index contributed by atoms with van der Waals surface area (Å²) >= 11 is 1.35. The van der Waals surface area contributed by atoms with E-state index in [0.717, 1.165) is 34.2 Å². The van der Waals surface area contributed by atoms with Gasteiger partial charge in [0.25, 0.3) is 5.78 Å². The number of thiazole rings is 1. The van der Waals surface area contributed by atoms with Crippen molar-refractivity contribution in [3.8, 4) is 5.75 Å². The second kappa shape index (κ2) is 10.1. The molecule has 188 valence electrons. The number of benzene rings is 2. The van der Waals surface area contributed by atoms with Gasteiger partial charge in [0.1, 0.15) is 11.5 Å². The number of rotatable bonds is 7. The van der Waals surface area contributed by atoms with Gasteiger partial charge in [-0.15, -0.1) is 0 Å². The van der Waals surface area contributed by atoms with Gasteiger partial charge in [-0.3, -0.25) is 19.5 Å². The molecule has 1 N–H and O–H groups in total. The van der Waals surface area contributed by atoms with Crippen LogP contribution in [0.15, 0.2) is 66.5 Å². The van der Waals surface area contributed by atoms with Crippen LogP contribution in [0, 0.1) is 13.8 Å². The van der Waals surface area contributed by atoms with Crippen molar-refractivity contribution in [2.24, 2.45) is 0 Å². The Morgan fingerprint density at radius 1 is 1.11 bits per heavy atom. The summed E-state index contributed by atoms with van der Waals surface area (Å²) in [7, 11) is 0. The number of aliphatic hydroxyl groups is 1. The first-order valence-electron chi connectivity index (χ1n) is 12.2. The first kappa shape index (κ1) is 24.6. The number of hydrogen-bond acceptors (Lipinski definition) is 7. The molecule has 0 aliphatic carbocycles. The van der Waals surface area contributed by atoms with Crippen molar-refractivity contribution < 1.29 is 19.4 Å². The van der Waals surface area contributed by atoms with Crippen LogP contribution in [-0.2, 0) is 9.59 Å². The highest BCUT2D eigenvalue weighted by Gasteiger charge is 2.48. The Bertz CT molecular complexity index is 1530. The molecule has 0 saturated carbocycles. The molecule has 37 heavy (non-hydrogen) atoms. The smallest absolute Gasteiger partial charge is 0.301 e. The summed E-state index contributed by atoms with van der Waals surface area (Å²) in [6.07, 6.45) is 4.97. The maximum absolute atomic E-state index is 13.5. The number of aromatic nitrogens is 2. The maximum atomic E-state index is 13.5. The van der Waals surface area contributed by atoms with Gasteiger partial charge >= 0.3 is 5.91 Å². The number of unbranched alkanes of at least 4 members (excludes halogenated alkanes) is 1. The number of fused-ring (bicyclic) bond motifs is 1. The molecule has 0 radical (unpaired) electrons. The number of nitrogens with zero attached hydrogens (tertiary/aromatic N) is 3. The molecule has 1 saturated heterocycles. The largest absolute Gasteiger partial charge is 0.507 e. The van der Waals surface area contributed by atoms with Crippen molar-refractivity contribution in [1.82, 2.24) is 9.97 Å². The lowest BCUT2D eigenvalue weighted by atomic mass is 9.95. The summed E-state index contributed by atoms with van der Waals surface area (Å²) in [5, 5.41) is 11.7. The molecular weight excluding hydrogens is 486 g/mol. The zero-order valence-electron chi connectivity index (χ0n) is 20.9. The van der Waals surface area contributed by atoms with E-state index in [-0.39, 0.29) is 11.3 Å². The van der Waals surface area contributed by atoms with Crippen molar-refractivity contribution >= 4 is 44.1 Å². The molecule has 1 amide bonds. The number of ketones is 1. The van der Waals surface area contributed by atoms with Gasteiger partial charge in [-0.25, -0.2) is 4.98 Å². The lowest BCUT2D eigenvalue weighted by Gasteiger charge is -2.23. The van der Waals surface area contributed by atoms with Crippen molar-refractivity contribution in [2.45, 2.75) is 39.7 Å². The van der Waals surface area contributed by atoms with E-state index in [9.17, 15) is 14.7 Å². The normalized spacial score (nSPS) is 17.1. The van der Waals surface area contributed by atoms with Crippen LogP contribution in [0.1, 0.15) is 48.1 Å². The molecule has 1 aliphatic rings. The summed E-state index contributed by atoms with van der Waals surface area (Å²) in [4.78, 5) is 37.1. The van der Waals surface area contributed by atoms with Gasteiger partial charge < -0.3 is 9.84 Å². The SMILES string of the molecule is CCCCOc1cccc(C2C(=C(O)c3ccncc3)C(=O)C(=O)N2c2nc3c(C)cc(C)cc3s2)c1. The number of carbonyl (C=O) groups is 2. The molecule has 1 fully saturated rings. The lowest BCUT2D eigenvalue weighted by Crippen LogP contribution is -2.29. The van der Waals surface area contributed by atoms with E-state index >= 15 is 0 Å². The number of hydrogen-bond donors (Lipinski definition) is 1. The second-order valence-corrected chi connectivity index (χ2v) is 10.1. The van der Waals surface area contributed by atoms with Gasteiger partial charge in [0.05, 0.1) is 28.4 Å². The topological polar surface area (TPSA) is 92.6 Å². The van der Waals surface area contributed by atoms with Crippen LogP contribution < -0.4 is 9.64 Å². The van der Waals surface area contributed by atoms with Crippen LogP contribution in [-0.4, -0.2) is 33.4 Å². The summed E-state index contributed by atoms with van der Waals surface area (Å²) in [6.45, 7) is 6.64. The molecule has 1 aliphatic heterocycles. The predicted octanol–water partition coefficient (Wildman–Crippen LogP) is 6.11. The van der Waals surface area contributed by atoms with E-state index in [1.807, 2.05) is 50.2 Å². The number of carbonyl (C=O) groups excluding carboxylic acids is 2. The summed E-state index contributed by atoms with van der Waals surface area (Å²) in [5.41, 5.74) is 3.94. The number of aryl methyl sites for hydroxylation is 2. The molecular formula is C29H27N3O4S. The highest BCUT2D eigenvalue weighted by molar-refractivity contribution is 7.22. The zero-order chi connectivity index (χ0) is 26.1. The molecule has 8 heteroatoms. The number of ether oxygens (including phenoxy) is 1. The molecule has 0 spiro atoms. The third-order valence-corrected chi connectivity index (χ3v) is 7.36. The van der Waals surface area contributed by atoms with E-state index in [4.69, 9.17) is 9.72 Å². The fourth-order valence-electron chi connectivity index (χ4n) is 4.58. The molecule has 5 rings (SSSR count). The number of anilines is 1. The van der Waals surface area contributed by atoms with E-state index in [1.165, 1.54) is 28.6 Å². The number of Topliss-reactive ketones (excluding diaryl/α,β-unsaturated/α-hetero) is 1. The molecule has 0 bridgehead atoms. The fraction of sp³-hybridized carbons (Fsp3) is 0.241. The third kappa shape index (κ3) is 4.60. The van der Waals surface area contributed by atoms with Crippen LogP contribution in [0.25, 0.3) is 16.0 Å². The number of aliphatic hydroxyl groups excluding tert-OH is 1. The van der Waals surface area contributed by atoms with Crippen molar-refractivity contribution in [3.05, 3.63) is 88.8 Å². The summed E-state index contributed by atoms with van der Waals surface area (Å²) in [5.74, 6) is -1.11. The molecule has 3 heterocycles. The van der Waals surface area contributed by atoms with Crippen LogP contribution in [0.5, 0.6) is 5.75 Å². The average Bonchev–Trinajstić information content (AvgIpc) is 3.43. The fourth-order valence-corrected chi connectivity index (χ4v) is 5.75. The van der Waals surface area contributed by atoms with Crippen LogP contribution in [0.4, 0.5) is 5.13 Å². The molecule has 7 nitrogen and oxygen atoms in total. The Labute approximate surface area is 219 Å². The van der Waals surface area contributed by atoms with E-state index in [0.29, 0.717) is 28.6 Å². The number of pyridine rings is 1. The summed E-state index contributed by atoms with van der Waals surface area (Å²) in [6, 6.07) is 13.7. The van der Waals surface area contributed by atoms with Gasteiger partial charge in [0.2, 0.25) is 0 Å². The molecule has 4 aromatic rings. The lowest BCUT2D eigenvalue weighted by molar-refractivity contribution is -0.132. The first-order chi connectivity index (χ1) is 17.9. The highest BCUT2D eigenvalue weighted by atomic mass is 32.1. The van der Waals surface area contributed by atoms with E-state index in [2.05, 4.69) is 11.9 Å². The third-order valence-electron chi connectivity index (χ3n) is 6.36. The van der Waals surface area contributed by atoms with Crippen molar-refractivity contribution in [3.63, 3.8) is 0 Å². The van der Waals surface area contributed by atoms with Crippen molar-refractivity contribution in [2.75, 3.05) is 11.5 Å². The van der Waals surface area contributed by atoms with Gasteiger partial charge in [-0.2, -0.15) is 0 Å². The highest BCUT2D eigenvalue weighted by Crippen LogP contribution is 2.45. The summed E-state index contributed by atoms with van der Waals surface area (Å²) < 4.78 is 6.84.